The Hall–Kier alpha value is -0.610. The van der Waals surface area contributed by atoms with E-state index in [2.05, 4.69) is 32.3 Å². The number of anilines is 1. The lowest BCUT2D eigenvalue weighted by molar-refractivity contribution is 0.187. The van der Waals surface area contributed by atoms with Gasteiger partial charge in [-0.05, 0) is 41.4 Å². The summed E-state index contributed by atoms with van der Waals surface area (Å²) in [4.78, 5) is 4.34. The Morgan fingerprint density at radius 1 is 1.60 bits per heavy atom. The molecule has 1 atom stereocenters. The summed E-state index contributed by atoms with van der Waals surface area (Å²) in [7, 11) is 0. The highest BCUT2D eigenvalue weighted by Crippen LogP contribution is 2.18. The van der Waals surface area contributed by atoms with Crippen molar-refractivity contribution in [1.82, 2.24) is 4.98 Å². The zero-order valence-electron chi connectivity index (χ0n) is 8.79. The summed E-state index contributed by atoms with van der Waals surface area (Å²) >= 11 is 3.35. The maximum atomic E-state index is 5.33. The highest BCUT2D eigenvalue weighted by atomic mass is 79.9. The van der Waals surface area contributed by atoms with Crippen molar-refractivity contribution in [2.45, 2.75) is 13.3 Å². The van der Waals surface area contributed by atoms with Gasteiger partial charge in [0.2, 0.25) is 0 Å². The van der Waals surface area contributed by atoms with Crippen LogP contribution in [0.3, 0.4) is 0 Å². The number of hydrogen-bond donors (Lipinski definition) is 1. The van der Waals surface area contributed by atoms with E-state index in [-0.39, 0.29) is 0 Å². The molecule has 1 aromatic rings. The molecule has 1 aromatic heterocycles. The summed E-state index contributed by atoms with van der Waals surface area (Å²) in [6, 6.07) is 4.02. The molecule has 1 N–H and O–H groups in total. The summed E-state index contributed by atoms with van der Waals surface area (Å²) < 4.78 is 6.22. The van der Waals surface area contributed by atoms with Gasteiger partial charge in [-0.3, -0.25) is 0 Å². The summed E-state index contributed by atoms with van der Waals surface area (Å²) in [5, 5.41) is 3.42. The van der Waals surface area contributed by atoms with Crippen LogP contribution in [0.4, 0.5) is 5.69 Å². The van der Waals surface area contributed by atoms with Crippen LogP contribution in [0, 0.1) is 12.8 Å². The number of aryl methyl sites for hydroxylation is 1. The van der Waals surface area contributed by atoms with Crippen LogP contribution in [-0.2, 0) is 4.74 Å². The Balaban J connectivity index is 1.92. The highest BCUT2D eigenvalue weighted by molar-refractivity contribution is 9.10. The number of hydrogen-bond acceptors (Lipinski definition) is 3. The van der Waals surface area contributed by atoms with Crippen LogP contribution in [0.2, 0.25) is 0 Å². The molecule has 1 unspecified atom stereocenters. The van der Waals surface area contributed by atoms with Gasteiger partial charge in [-0.1, -0.05) is 0 Å². The van der Waals surface area contributed by atoms with E-state index in [1.807, 2.05) is 13.0 Å². The molecule has 0 radical (unpaired) electrons. The molecule has 1 aliphatic heterocycles. The fourth-order valence-corrected chi connectivity index (χ4v) is 2.11. The van der Waals surface area contributed by atoms with Crippen molar-refractivity contribution >= 4 is 21.6 Å². The molecule has 1 aliphatic rings. The van der Waals surface area contributed by atoms with Gasteiger partial charge >= 0.3 is 0 Å². The molecule has 0 saturated carbocycles. The van der Waals surface area contributed by atoms with Crippen molar-refractivity contribution in [3.05, 3.63) is 22.4 Å². The molecule has 2 rings (SSSR count). The summed E-state index contributed by atoms with van der Waals surface area (Å²) in [5.41, 5.74) is 2.15. The van der Waals surface area contributed by atoms with Crippen LogP contribution in [0.1, 0.15) is 12.1 Å². The molecule has 1 saturated heterocycles. The fraction of sp³-hybridized carbons (Fsp3) is 0.545. The van der Waals surface area contributed by atoms with E-state index in [0.717, 1.165) is 42.2 Å². The van der Waals surface area contributed by atoms with E-state index in [9.17, 15) is 0 Å². The van der Waals surface area contributed by atoms with Crippen molar-refractivity contribution in [3.63, 3.8) is 0 Å². The number of nitrogens with zero attached hydrogens (tertiary/aromatic N) is 1. The van der Waals surface area contributed by atoms with E-state index >= 15 is 0 Å². The Morgan fingerprint density at radius 2 is 2.47 bits per heavy atom. The van der Waals surface area contributed by atoms with Crippen LogP contribution >= 0.6 is 15.9 Å². The van der Waals surface area contributed by atoms with Crippen LogP contribution in [0.5, 0.6) is 0 Å². The predicted octanol–water partition coefficient (Wildman–Crippen LogP) is 2.60. The third-order valence-electron chi connectivity index (χ3n) is 2.66. The molecule has 1 fully saturated rings. The number of halogens is 1. The first-order valence-electron chi connectivity index (χ1n) is 5.20. The van der Waals surface area contributed by atoms with Crippen LogP contribution in [0.15, 0.2) is 16.7 Å². The summed E-state index contributed by atoms with van der Waals surface area (Å²) in [6.45, 7) is 4.78. The lowest BCUT2D eigenvalue weighted by Crippen LogP contribution is -2.14. The van der Waals surface area contributed by atoms with Gasteiger partial charge in [-0.15, -0.1) is 0 Å². The van der Waals surface area contributed by atoms with Crippen LogP contribution < -0.4 is 5.32 Å². The van der Waals surface area contributed by atoms with E-state index in [1.165, 1.54) is 0 Å². The zero-order chi connectivity index (χ0) is 10.7. The smallest absolute Gasteiger partial charge is 0.106 e. The first-order chi connectivity index (χ1) is 7.25. The molecular weight excluding hydrogens is 256 g/mol. The monoisotopic (exact) mass is 270 g/mol. The fourth-order valence-electron chi connectivity index (χ4n) is 1.72. The first-order valence-corrected chi connectivity index (χ1v) is 6.00. The minimum atomic E-state index is 0.646. The van der Waals surface area contributed by atoms with Crippen molar-refractivity contribution < 1.29 is 4.74 Å². The number of pyridine rings is 1. The Labute approximate surface area is 98.4 Å². The topological polar surface area (TPSA) is 34.2 Å². The van der Waals surface area contributed by atoms with Crippen LogP contribution in [0.25, 0.3) is 0 Å². The minimum Gasteiger partial charge on any atom is -0.383 e. The zero-order valence-corrected chi connectivity index (χ0v) is 10.4. The molecule has 3 nitrogen and oxygen atoms in total. The molecule has 0 aromatic carbocycles. The molecule has 2 heterocycles. The first kappa shape index (κ1) is 10.9. The van der Waals surface area contributed by atoms with Crippen molar-refractivity contribution in [2.75, 3.05) is 25.1 Å². The van der Waals surface area contributed by atoms with Gasteiger partial charge in [0.1, 0.15) is 4.60 Å². The van der Waals surface area contributed by atoms with Crippen molar-refractivity contribution in [3.8, 4) is 0 Å². The van der Waals surface area contributed by atoms with Crippen molar-refractivity contribution in [1.29, 1.82) is 0 Å². The van der Waals surface area contributed by atoms with E-state index in [4.69, 9.17) is 4.74 Å². The molecule has 15 heavy (non-hydrogen) atoms. The van der Waals surface area contributed by atoms with Gasteiger partial charge in [-0.25, -0.2) is 4.98 Å². The highest BCUT2D eigenvalue weighted by Gasteiger charge is 2.15. The predicted molar refractivity (Wildman–Crippen MR) is 64.1 cm³/mol. The van der Waals surface area contributed by atoms with Gasteiger partial charge < -0.3 is 10.1 Å². The summed E-state index contributed by atoms with van der Waals surface area (Å²) in [6.07, 6.45) is 1.16. The van der Waals surface area contributed by atoms with E-state index in [0.29, 0.717) is 5.92 Å². The lowest BCUT2D eigenvalue weighted by Gasteiger charge is -2.12. The maximum absolute atomic E-state index is 5.33. The number of ether oxygens (including phenoxy) is 1. The number of nitrogens with one attached hydrogen (secondary N) is 1. The molecule has 0 bridgehead atoms. The Morgan fingerprint density at radius 3 is 3.13 bits per heavy atom. The quantitative estimate of drug-likeness (QED) is 0.858. The van der Waals surface area contributed by atoms with Gasteiger partial charge in [-0.2, -0.15) is 0 Å². The molecule has 4 heteroatoms. The van der Waals surface area contributed by atoms with E-state index < -0.39 is 0 Å². The van der Waals surface area contributed by atoms with E-state index in [1.54, 1.807) is 0 Å². The Bertz CT molecular complexity index is 337. The second-order valence-corrected chi connectivity index (χ2v) is 4.69. The maximum Gasteiger partial charge on any atom is 0.106 e. The minimum absolute atomic E-state index is 0.646. The number of rotatable bonds is 3. The average Bonchev–Trinajstić information content (AvgIpc) is 2.69. The van der Waals surface area contributed by atoms with Crippen LogP contribution in [-0.4, -0.2) is 24.7 Å². The summed E-state index contributed by atoms with van der Waals surface area (Å²) in [5.74, 6) is 0.646. The average molecular weight is 271 g/mol. The van der Waals surface area contributed by atoms with Gasteiger partial charge in [0.05, 0.1) is 18.0 Å². The third kappa shape index (κ3) is 2.92. The van der Waals surface area contributed by atoms with Gasteiger partial charge in [0.25, 0.3) is 0 Å². The largest absolute Gasteiger partial charge is 0.383 e. The Kier molecular flexibility index (Phi) is 3.59. The third-order valence-corrected chi connectivity index (χ3v) is 3.10. The number of aromatic nitrogens is 1. The normalized spacial score (nSPS) is 20.5. The second-order valence-electron chi connectivity index (χ2n) is 3.88. The van der Waals surface area contributed by atoms with Gasteiger partial charge in [0.15, 0.2) is 0 Å². The molecule has 0 spiro atoms. The SMILES string of the molecule is Cc1nc(Br)ccc1NCC1CCOC1. The molecule has 82 valence electrons. The van der Waals surface area contributed by atoms with Gasteiger partial charge in [0, 0.05) is 19.1 Å². The second kappa shape index (κ2) is 4.94. The van der Waals surface area contributed by atoms with Crippen molar-refractivity contribution in [2.24, 2.45) is 5.92 Å². The molecular formula is C11H15BrN2O. The lowest BCUT2D eigenvalue weighted by atomic mass is 10.1. The molecule has 0 aliphatic carbocycles. The molecule has 0 amide bonds. The standard InChI is InChI=1S/C11H15BrN2O/c1-8-10(2-3-11(12)14-8)13-6-9-4-5-15-7-9/h2-3,9,13H,4-7H2,1H3.